The van der Waals surface area contributed by atoms with Gasteiger partial charge in [0.15, 0.2) is 0 Å². The van der Waals surface area contributed by atoms with Crippen molar-refractivity contribution < 1.29 is 9.90 Å². The Bertz CT molecular complexity index is 419. The number of thioether (sulfide) groups is 1. The molecule has 0 radical (unpaired) electrons. The number of hydrogen-bond donors (Lipinski definition) is 2. The minimum Gasteiger partial charge on any atom is -0.480 e. The van der Waals surface area contributed by atoms with E-state index in [1.165, 1.54) is 10.5 Å². The lowest BCUT2D eigenvalue weighted by Crippen LogP contribution is -2.50. The van der Waals surface area contributed by atoms with E-state index in [0.29, 0.717) is 13.0 Å². The number of likely N-dealkylation sites (N-methyl/N-ethyl adjacent to an activating group) is 1. The van der Waals surface area contributed by atoms with E-state index >= 15 is 0 Å². The summed E-state index contributed by atoms with van der Waals surface area (Å²) in [6.45, 7) is 8.47. The molecule has 0 aliphatic rings. The quantitative estimate of drug-likeness (QED) is 0.753. The van der Waals surface area contributed by atoms with Gasteiger partial charge >= 0.3 is 5.97 Å². The number of aliphatic carboxylic acids is 1. The lowest BCUT2D eigenvalue weighted by molar-refractivity contribution is -0.144. The molecule has 2 atom stereocenters. The maximum absolute atomic E-state index is 11.4. The van der Waals surface area contributed by atoms with Crippen molar-refractivity contribution in [2.24, 2.45) is 0 Å². The number of rotatable bonds is 7. The Labute approximate surface area is 119 Å². The monoisotopic (exact) mass is 281 g/mol. The van der Waals surface area contributed by atoms with E-state index in [0.717, 1.165) is 0 Å². The molecule has 0 aromatic heterocycles. The minimum absolute atomic E-state index is 0.239. The number of nitrogens with one attached hydrogen (secondary N) is 1. The second-order valence-electron chi connectivity index (χ2n) is 5.11. The van der Waals surface area contributed by atoms with Gasteiger partial charge in [0.2, 0.25) is 0 Å². The highest BCUT2D eigenvalue weighted by molar-refractivity contribution is 7.99. The Morgan fingerprint density at radius 3 is 2.47 bits per heavy atom. The van der Waals surface area contributed by atoms with Gasteiger partial charge in [-0.05, 0) is 38.9 Å². The third-order valence-corrected chi connectivity index (χ3v) is 4.21. The summed E-state index contributed by atoms with van der Waals surface area (Å²) in [7, 11) is 0. The minimum atomic E-state index is -0.855. The predicted molar refractivity (Wildman–Crippen MR) is 80.8 cm³/mol. The fraction of sp³-hybridized carbons (Fsp3) is 0.533. The van der Waals surface area contributed by atoms with Gasteiger partial charge in [-0.15, -0.1) is 11.8 Å². The largest absolute Gasteiger partial charge is 0.480 e. The Kier molecular flexibility index (Phi) is 5.88. The number of hydrogen-bond acceptors (Lipinski definition) is 3. The fourth-order valence-corrected chi connectivity index (χ4v) is 3.27. The second-order valence-corrected chi connectivity index (χ2v) is 6.63. The normalized spacial score (nSPS) is 15.8. The van der Waals surface area contributed by atoms with Crippen LogP contribution in [0.4, 0.5) is 0 Å². The predicted octanol–water partition coefficient (Wildman–Crippen LogP) is 3.32. The van der Waals surface area contributed by atoms with Crippen molar-refractivity contribution in [3.05, 3.63) is 29.8 Å². The summed E-state index contributed by atoms with van der Waals surface area (Å²) < 4.78 is 0. The average Bonchev–Trinajstić information content (AvgIpc) is 2.32. The van der Waals surface area contributed by atoms with Crippen molar-refractivity contribution in [3.8, 4) is 0 Å². The van der Waals surface area contributed by atoms with Gasteiger partial charge in [-0.1, -0.05) is 31.5 Å². The van der Waals surface area contributed by atoms with Gasteiger partial charge in [-0.2, -0.15) is 0 Å². The Morgan fingerprint density at radius 2 is 2.00 bits per heavy atom. The van der Waals surface area contributed by atoms with E-state index in [1.54, 1.807) is 18.7 Å². The van der Waals surface area contributed by atoms with Crippen LogP contribution in [0.25, 0.3) is 0 Å². The molecule has 0 saturated heterocycles. The van der Waals surface area contributed by atoms with Crippen LogP contribution in [0, 0.1) is 6.92 Å². The first-order chi connectivity index (χ1) is 8.87. The summed E-state index contributed by atoms with van der Waals surface area (Å²) in [6.07, 6.45) is 0.592. The van der Waals surface area contributed by atoms with E-state index in [1.807, 2.05) is 6.92 Å². The zero-order valence-electron chi connectivity index (χ0n) is 12.1. The van der Waals surface area contributed by atoms with Crippen molar-refractivity contribution >= 4 is 17.7 Å². The first-order valence-electron chi connectivity index (χ1n) is 6.59. The maximum atomic E-state index is 11.4. The van der Waals surface area contributed by atoms with Crippen molar-refractivity contribution in [2.75, 3.05) is 6.54 Å². The van der Waals surface area contributed by atoms with Crippen LogP contribution in [0.5, 0.6) is 0 Å². The van der Waals surface area contributed by atoms with Gasteiger partial charge in [0.05, 0.1) is 0 Å². The topological polar surface area (TPSA) is 49.3 Å². The highest BCUT2D eigenvalue weighted by Crippen LogP contribution is 2.29. The van der Waals surface area contributed by atoms with Crippen LogP contribution in [-0.2, 0) is 4.79 Å². The van der Waals surface area contributed by atoms with Gasteiger partial charge < -0.3 is 10.4 Å². The lowest BCUT2D eigenvalue weighted by Gasteiger charge is -2.28. The van der Waals surface area contributed by atoms with Gasteiger partial charge in [0.1, 0.15) is 5.54 Å². The summed E-state index contributed by atoms with van der Waals surface area (Å²) in [5, 5.41) is 12.7. The standard InChI is InChI=1S/C15H23NO2S/c1-5-16-15(4,14(17)18)10-12(3)19-13-8-6-11(2)7-9-13/h6-9,12,16H,5,10H2,1-4H3,(H,17,18). The van der Waals surface area contributed by atoms with Crippen LogP contribution >= 0.6 is 11.8 Å². The molecule has 2 unspecified atom stereocenters. The molecule has 0 heterocycles. The van der Waals surface area contributed by atoms with E-state index in [4.69, 9.17) is 0 Å². The third-order valence-electron chi connectivity index (χ3n) is 3.09. The number of carboxylic acid groups (broad SMARTS) is 1. The van der Waals surface area contributed by atoms with Crippen LogP contribution in [-0.4, -0.2) is 28.4 Å². The van der Waals surface area contributed by atoms with E-state index < -0.39 is 11.5 Å². The number of carbonyl (C=O) groups is 1. The van der Waals surface area contributed by atoms with Crippen LogP contribution < -0.4 is 5.32 Å². The zero-order chi connectivity index (χ0) is 14.5. The summed E-state index contributed by atoms with van der Waals surface area (Å²) in [5.41, 5.74) is 0.381. The van der Waals surface area contributed by atoms with Crippen molar-refractivity contribution in [2.45, 2.75) is 49.8 Å². The Hall–Kier alpha value is -1.00. The second kappa shape index (κ2) is 6.96. The van der Waals surface area contributed by atoms with E-state index in [9.17, 15) is 9.90 Å². The first-order valence-corrected chi connectivity index (χ1v) is 7.47. The number of aryl methyl sites for hydroxylation is 1. The van der Waals surface area contributed by atoms with E-state index in [-0.39, 0.29) is 5.25 Å². The molecule has 0 bridgehead atoms. The molecule has 1 aromatic carbocycles. The lowest BCUT2D eigenvalue weighted by atomic mass is 9.96. The molecular weight excluding hydrogens is 258 g/mol. The SMILES string of the molecule is CCNC(C)(CC(C)Sc1ccc(C)cc1)C(=O)O. The Morgan fingerprint density at radius 1 is 1.42 bits per heavy atom. The number of benzene rings is 1. The molecule has 106 valence electrons. The highest BCUT2D eigenvalue weighted by Gasteiger charge is 2.33. The smallest absolute Gasteiger partial charge is 0.323 e. The van der Waals surface area contributed by atoms with Crippen LogP contribution in [0.3, 0.4) is 0 Å². The molecule has 0 spiro atoms. The zero-order valence-corrected chi connectivity index (χ0v) is 12.9. The van der Waals surface area contributed by atoms with Gasteiger partial charge in [0, 0.05) is 10.1 Å². The van der Waals surface area contributed by atoms with E-state index in [2.05, 4.69) is 43.4 Å². The molecule has 0 saturated carbocycles. The van der Waals surface area contributed by atoms with Crippen LogP contribution in [0.2, 0.25) is 0 Å². The van der Waals surface area contributed by atoms with Crippen LogP contribution in [0.1, 0.15) is 32.8 Å². The van der Waals surface area contributed by atoms with Gasteiger partial charge in [0.25, 0.3) is 0 Å². The molecule has 0 fully saturated rings. The molecular formula is C15H23NO2S. The maximum Gasteiger partial charge on any atom is 0.323 e. The first kappa shape index (κ1) is 16.1. The van der Waals surface area contributed by atoms with Gasteiger partial charge in [-0.3, -0.25) is 4.79 Å². The summed E-state index contributed by atoms with van der Waals surface area (Å²) in [6, 6.07) is 8.33. The molecule has 0 aliphatic heterocycles. The highest BCUT2D eigenvalue weighted by atomic mass is 32.2. The molecule has 2 N–H and O–H groups in total. The van der Waals surface area contributed by atoms with Crippen LogP contribution in [0.15, 0.2) is 29.2 Å². The molecule has 0 aliphatic carbocycles. The number of carboxylic acids is 1. The van der Waals surface area contributed by atoms with Gasteiger partial charge in [-0.25, -0.2) is 0 Å². The molecule has 4 heteroatoms. The van der Waals surface area contributed by atoms with Crippen molar-refractivity contribution in [1.82, 2.24) is 5.32 Å². The molecule has 19 heavy (non-hydrogen) atoms. The average molecular weight is 281 g/mol. The van der Waals surface area contributed by atoms with Crippen molar-refractivity contribution in [1.29, 1.82) is 0 Å². The molecule has 0 amide bonds. The Balaban J connectivity index is 2.65. The third kappa shape index (κ3) is 4.88. The summed E-state index contributed by atoms with van der Waals surface area (Å²) in [4.78, 5) is 12.6. The molecule has 3 nitrogen and oxygen atoms in total. The van der Waals surface area contributed by atoms with Crippen molar-refractivity contribution in [3.63, 3.8) is 0 Å². The fourth-order valence-electron chi connectivity index (χ4n) is 2.09. The summed E-state index contributed by atoms with van der Waals surface area (Å²) in [5.74, 6) is -0.786. The molecule has 1 rings (SSSR count). The summed E-state index contributed by atoms with van der Waals surface area (Å²) >= 11 is 1.72. The molecule has 1 aromatic rings.